The summed E-state index contributed by atoms with van der Waals surface area (Å²) in [5.41, 5.74) is -0.00989. The van der Waals surface area contributed by atoms with Gasteiger partial charge in [-0.3, -0.25) is 0 Å². The molecule has 0 heterocycles. The number of hydrogen-bond donors (Lipinski definition) is 1. The first-order chi connectivity index (χ1) is 6.60. The Morgan fingerprint density at radius 2 is 1.79 bits per heavy atom. The van der Waals surface area contributed by atoms with E-state index < -0.39 is 5.97 Å². The molecule has 0 aromatic heterocycles. The number of ether oxygens (including phenoxy) is 2. The van der Waals surface area contributed by atoms with Gasteiger partial charge in [0, 0.05) is 6.07 Å². The van der Waals surface area contributed by atoms with Gasteiger partial charge in [-0.05, 0) is 6.07 Å². The third kappa shape index (κ3) is 1.90. The van der Waals surface area contributed by atoms with Gasteiger partial charge in [0.15, 0.2) is 11.5 Å². The lowest BCUT2D eigenvalue weighted by Crippen LogP contribution is -2.00. The molecule has 1 rings (SSSR count). The predicted molar refractivity (Wildman–Crippen MR) is 51.5 cm³/mol. The Morgan fingerprint density at radius 3 is 2.21 bits per heavy atom. The monoisotopic (exact) mass is 216 g/mol. The molecule has 0 bridgehead atoms. The van der Waals surface area contributed by atoms with Gasteiger partial charge in [0.2, 0.25) is 0 Å². The lowest BCUT2D eigenvalue weighted by molar-refractivity contribution is 0.0696. The largest absolute Gasteiger partial charge is 0.493 e. The van der Waals surface area contributed by atoms with Gasteiger partial charge in [0.1, 0.15) is 0 Å². The third-order valence-electron chi connectivity index (χ3n) is 1.70. The second-order valence-corrected chi connectivity index (χ2v) is 2.90. The van der Waals surface area contributed by atoms with E-state index in [0.29, 0.717) is 11.5 Å². The second-order valence-electron chi connectivity index (χ2n) is 2.49. The molecule has 0 atom stereocenters. The molecule has 1 N–H and O–H groups in total. The maximum atomic E-state index is 10.7. The smallest absolute Gasteiger partial charge is 0.337 e. The molecule has 0 aliphatic heterocycles. The minimum Gasteiger partial charge on any atom is -0.493 e. The van der Waals surface area contributed by atoms with Gasteiger partial charge < -0.3 is 14.6 Å². The van der Waals surface area contributed by atoms with Crippen LogP contribution in [0.2, 0.25) is 5.02 Å². The summed E-state index contributed by atoms with van der Waals surface area (Å²) in [5.74, 6) is -0.354. The Hall–Kier alpha value is -1.42. The average Bonchev–Trinajstić information content (AvgIpc) is 2.16. The van der Waals surface area contributed by atoms with Crippen molar-refractivity contribution in [1.29, 1.82) is 0 Å². The maximum absolute atomic E-state index is 10.7. The number of carbonyl (C=O) groups is 1. The number of aromatic carboxylic acids is 1. The fourth-order valence-electron chi connectivity index (χ4n) is 1.02. The Kier molecular flexibility index (Phi) is 3.19. The van der Waals surface area contributed by atoms with Gasteiger partial charge in [-0.2, -0.15) is 0 Å². The highest BCUT2D eigenvalue weighted by Crippen LogP contribution is 2.32. The number of hydrogen-bond acceptors (Lipinski definition) is 3. The van der Waals surface area contributed by atoms with Gasteiger partial charge in [-0.15, -0.1) is 0 Å². The summed E-state index contributed by atoms with van der Waals surface area (Å²) in [7, 11) is 2.88. The zero-order valence-electron chi connectivity index (χ0n) is 7.70. The molecule has 0 saturated carbocycles. The van der Waals surface area contributed by atoms with Crippen LogP contribution in [0.25, 0.3) is 0 Å². The summed E-state index contributed by atoms with van der Waals surface area (Å²) < 4.78 is 9.88. The summed E-state index contributed by atoms with van der Waals surface area (Å²) >= 11 is 5.72. The van der Waals surface area contributed by atoms with Crippen LogP contribution in [0.5, 0.6) is 11.5 Å². The molecule has 0 amide bonds. The van der Waals surface area contributed by atoms with Crippen molar-refractivity contribution in [2.75, 3.05) is 14.2 Å². The Bertz CT molecular complexity index is 362. The van der Waals surface area contributed by atoms with Crippen LogP contribution in [0.1, 0.15) is 10.4 Å². The average molecular weight is 217 g/mol. The lowest BCUT2D eigenvalue weighted by atomic mass is 10.2. The topological polar surface area (TPSA) is 55.8 Å². The van der Waals surface area contributed by atoms with Crippen LogP contribution in [0.3, 0.4) is 0 Å². The van der Waals surface area contributed by atoms with Crippen LogP contribution in [0, 0.1) is 0 Å². The quantitative estimate of drug-likeness (QED) is 0.840. The van der Waals surface area contributed by atoms with Gasteiger partial charge in [0.05, 0.1) is 24.8 Å². The highest BCUT2D eigenvalue weighted by molar-refractivity contribution is 6.33. The summed E-state index contributed by atoms with van der Waals surface area (Å²) in [4.78, 5) is 10.7. The fraction of sp³-hybridized carbons (Fsp3) is 0.222. The minimum atomic E-state index is -1.10. The maximum Gasteiger partial charge on any atom is 0.337 e. The summed E-state index contributed by atoms with van der Waals surface area (Å²) in [6.45, 7) is 0. The van der Waals surface area contributed by atoms with E-state index in [4.69, 9.17) is 26.2 Å². The van der Waals surface area contributed by atoms with Crippen molar-refractivity contribution >= 4 is 17.6 Å². The van der Waals surface area contributed by atoms with Gasteiger partial charge >= 0.3 is 5.97 Å². The number of methoxy groups -OCH3 is 2. The second kappa shape index (κ2) is 4.19. The molecule has 1 aromatic rings. The molecule has 0 radical (unpaired) electrons. The predicted octanol–water partition coefficient (Wildman–Crippen LogP) is 2.06. The van der Waals surface area contributed by atoms with Crippen molar-refractivity contribution in [3.05, 3.63) is 22.7 Å². The van der Waals surface area contributed by atoms with E-state index in [1.54, 1.807) is 0 Å². The van der Waals surface area contributed by atoms with E-state index in [9.17, 15) is 4.79 Å². The van der Waals surface area contributed by atoms with Crippen LogP contribution < -0.4 is 9.47 Å². The Labute approximate surface area is 86.0 Å². The summed E-state index contributed by atoms with van der Waals surface area (Å²) in [5, 5.41) is 8.89. The molecule has 0 saturated heterocycles. The van der Waals surface area contributed by atoms with E-state index in [1.807, 2.05) is 0 Å². The van der Waals surface area contributed by atoms with E-state index in [0.717, 1.165) is 0 Å². The minimum absolute atomic E-state index is 0.00989. The highest BCUT2D eigenvalue weighted by Gasteiger charge is 2.14. The van der Waals surface area contributed by atoms with E-state index in [1.165, 1.54) is 26.4 Å². The van der Waals surface area contributed by atoms with Crippen LogP contribution in [-0.4, -0.2) is 25.3 Å². The van der Waals surface area contributed by atoms with E-state index >= 15 is 0 Å². The molecule has 4 nitrogen and oxygen atoms in total. The number of carboxylic acids is 1. The number of benzene rings is 1. The molecule has 1 aromatic carbocycles. The first kappa shape index (κ1) is 10.7. The van der Waals surface area contributed by atoms with Crippen molar-refractivity contribution < 1.29 is 19.4 Å². The molecule has 0 fully saturated rings. The van der Waals surface area contributed by atoms with Gasteiger partial charge in [0.25, 0.3) is 0 Å². The number of rotatable bonds is 3. The van der Waals surface area contributed by atoms with Crippen molar-refractivity contribution in [1.82, 2.24) is 0 Å². The molecule has 14 heavy (non-hydrogen) atoms. The van der Waals surface area contributed by atoms with E-state index in [2.05, 4.69) is 0 Å². The van der Waals surface area contributed by atoms with Gasteiger partial charge in [-0.25, -0.2) is 4.79 Å². The lowest BCUT2D eigenvalue weighted by Gasteiger charge is -2.09. The zero-order valence-corrected chi connectivity index (χ0v) is 8.46. The van der Waals surface area contributed by atoms with Crippen LogP contribution in [0.15, 0.2) is 12.1 Å². The highest BCUT2D eigenvalue weighted by atomic mass is 35.5. The van der Waals surface area contributed by atoms with Crippen LogP contribution >= 0.6 is 11.6 Å². The Balaban J connectivity index is 3.30. The standard InChI is InChI=1S/C9H9ClO4/c1-13-7-3-5(9(11)12)6(10)4-8(7)14-2/h3-4H,1-2H3,(H,11,12). The molecular weight excluding hydrogens is 208 g/mol. The first-order valence-electron chi connectivity index (χ1n) is 3.75. The molecule has 0 aliphatic carbocycles. The molecule has 76 valence electrons. The fourth-order valence-corrected chi connectivity index (χ4v) is 1.25. The summed E-state index contributed by atoms with van der Waals surface area (Å²) in [6, 6.07) is 2.73. The normalized spacial score (nSPS) is 9.64. The molecule has 0 spiro atoms. The molecule has 0 aliphatic rings. The zero-order chi connectivity index (χ0) is 10.7. The number of carboxylic acid groups (broad SMARTS) is 1. The first-order valence-corrected chi connectivity index (χ1v) is 4.12. The van der Waals surface area contributed by atoms with E-state index in [-0.39, 0.29) is 10.6 Å². The summed E-state index contributed by atoms with van der Waals surface area (Å²) in [6.07, 6.45) is 0. The molecule has 0 unspecified atom stereocenters. The van der Waals surface area contributed by atoms with Crippen molar-refractivity contribution in [2.24, 2.45) is 0 Å². The molecular formula is C9H9ClO4. The van der Waals surface area contributed by atoms with Crippen LogP contribution in [-0.2, 0) is 0 Å². The van der Waals surface area contributed by atoms with Crippen molar-refractivity contribution in [2.45, 2.75) is 0 Å². The Morgan fingerprint density at radius 1 is 1.29 bits per heavy atom. The third-order valence-corrected chi connectivity index (χ3v) is 2.02. The SMILES string of the molecule is COc1cc(Cl)c(C(=O)O)cc1OC. The van der Waals surface area contributed by atoms with Crippen molar-refractivity contribution in [3.8, 4) is 11.5 Å². The van der Waals surface area contributed by atoms with Crippen LogP contribution in [0.4, 0.5) is 0 Å². The molecule has 5 heteroatoms. The van der Waals surface area contributed by atoms with Crippen molar-refractivity contribution in [3.63, 3.8) is 0 Å². The number of halogens is 1. The van der Waals surface area contributed by atoms with Gasteiger partial charge in [-0.1, -0.05) is 11.6 Å².